The van der Waals surface area contributed by atoms with Gasteiger partial charge < -0.3 is 10.1 Å². The first kappa shape index (κ1) is 12.9. The highest BCUT2D eigenvalue weighted by Gasteiger charge is 2.31. The van der Waals surface area contributed by atoms with Crippen LogP contribution in [0.3, 0.4) is 0 Å². The van der Waals surface area contributed by atoms with Gasteiger partial charge in [-0.1, -0.05) is 12.1 Å². The monoisotopic (exact) mass is 260 g/mol. The number of ether oxygens (including phenoxy) is 1. The van der Waals surface area contributed by atoms with Crippen molar-refractivity contribution in [3.8, 4) is 5.75 Å². The van der Waals surface area contributed by atoms with E-state index >= 15 is 0 Å². The van der Waals surface area contributed by atoms with Crippen LogP contribution in [0.5, 0.6) is 5.75 Å². The number of benzene rings is 1. The van der Waals surface area contributed by atoms with Gasteiger partial charge in [-0.2, -0.15) is 0 Å². The fourth-order valence-corrected chi connectivity index (χ4v) is 2.94. The maximum absolute atomic E-state index is 5.22. The minimum Gasteiger partial charge on any atom is -0.497 e. The molecule has 0 radical (unpaired) electrons. The molecule has 3 rings (SSSR count). The summed E-state index contributed by atoms with van der Waals surface area (Å²) in [6, 6.07) is 10.0. The lowest BCUT2D eigenvalue weighted by molar-refractivity contribution is 0.231. The normalized spacial score (nSPS) is 22.9. The Kier molecular flexibility index (Phi) is 4.04. The molecule has 104 valence electrons. The Labute approximate surface area is 115 Å². The van der Waals surface area contributed by atoms with Crippen molar-refractivity contribution in [1.82, 2.24) is 10.2 Å². The summed E-state index contributed by atoms with van der Waals surface area (Å²) in [5, 5.41) is 3.61. The first-order valence-corrected chi connectivity index (χ1v) is 7.45. The molecule has 0 amide bonds. The maximum atomic E-state index is 5.22. The van der Waals surface area contributed by atoms with Gasteiger partial charge in [0.25, 0.3) is 0 Å². The molecule has 1 aromatic rings. The number of rotatable bonds is 6. The molecule has 0 aromatic heterocycles. The molecule has 0 spiro atoms. The van der Waals surface area contributed by atoms with Gasteiger partial charge in [0, 0.05) is 25.2 Å². The molecule has 1 unspecified atom stereocenters. The zero-order valence-corrected chi connectivity index (χ0v) is 11.8. The highest BCUT2D eigenvalue weighted by atomic mass is 16.5. The van der Waals surface area contributed by atoms with E-state index < -0.39 is 0 Å². The van der Waals surface area contributed by atoms with E-state index in [9.17, 15) is 0 Å². The summed E-state index contributed by atoms with van der Waals surface area (Å²) < 4.78 is 5.22. The van der Waals surface area contributed by atoms with Crippen LogP contribution in [0.15, 0.2) is 24.3 Å². The van der Waals surface area contributed by atoms with Crippen LogP contribution in [-0.2, 0) is 6.54 Å². The second-order valence-corrected chi connectivity index (χ2v) is 5.80. The van der Waals surface area contributed by atoms with Crippen LogP contribution in [-0.4, -0.2) is 37.2 Å². The molecule has 2 aliphatic rings. The number of hydrogen-bond acceptors (Lipinski definition) is 3. The number of nitrogens with zero attached hydrogens (tertiary/aromatic N) is 1. The molecule has 3 heteroatoms. The number of hydrogen-bond donors (Lipinski definition) is 1. The maximum Gasteiger partial charge on any atom is 0.118 e. The molecule has 1 heterocycles. The van der Waals surface area contributed by atoms with E-state index in [0.29, 0.717) is 6.04 Å². The third-order valence-corrected chi connectivity index (χ3v) is 4.23. The summed E-state index contributed by atoms with van der Waals surface area (Å²) in [6.07, 6.45) is 5.43. The Hall–Kier alpha value is -1.06. The lowest BCUT2D eigenvalue weighted by Gasteiger charge is -2.25. The van der Waals surface area contributed by atoms with Crippen molar-refractivity contribution in [3.05, 3.63) is 29.8 Å². The van der Waals surface area contributed by atoms with E-state index in [1.807, 2.05) is 0 Å². The van der Waals surface area contributed by atoms with Crippen molar-refractivity contribution in [2.45, 2.75) is 44.3 Å². The van der Waals surface area contributed by atoms with Crippen LogP contribution in [0.25, 0.3) is 0 Å². The van der Waals surface area contributed by atoms with E-state index in [1.54, 1.807) is 7.11 Å². The van der Waals surface area contributed by atoms with Crippen LogP contribution in [0.4, 0.5) is 0 Å². The van der Waals surface area contributed by atoms with Crippen molar-refractivity contribution in [1.29, 1.82) is 0 Å². The highest BCUT2D eigenvalue weighted by Crippen LogP contribution is 2.29. The predicted molar refractivity (Wildman–Crippen MR) is 77.5 cm³/mol. The highest BCUT2D eigenvalue weighted by molar-refractivity contribution is 5.27. The van der Waals surface area contributed by atoms with Crippen LogP contribution in [0.1, 0.15) is 31.2 Å². The molecule has 2 fully saturated rings. The van der Waals surface area contributed by atoms with Crippen molar-refractivity contribution in [3.63, 3.8) is 0 Å². The molecule has 1 saturated heterocycles. The van der Waals surface area contributed by atoms with Gasteiger partial charge in [0.1, 0.15) is 5.75 Å². The van der Waals surface area contributed by atoms with Crippen molar-refractivity contribution >= 4 is 0 Å². The van der Waals surface area contributed by atoms with Crippen LogP contribution in [0, 0.1) is 0 Å². The zero-order valence-electron chi connectivity index (χ0n) is 11.8. The molecule has 1 N–H and O–H groups in total. The smallest absolute Gasteiger partial charge is 0.118 e. The first-order valence-electron chi connectivity index (χ1n) is 7.45. The van der Waals surface area contributed by atoms with Crippen molar-refractivity contribution < 1.29 is 4.74 Å². The third kappa shape index (κ3) is 3.48. The van der Waals surface area contributed by atoms with E-state index in [1.165, 1.54) is 44.3 Å². The molecule has 0 bridgehead atoms. The van der Waals surface area contributed by atoms with Crippen LogP contribution < -0.4 is 10.1 Å². The summed E-state index contributed by atoms with van der Waals surface area (Å²) in [7, 11) is 1.72. The second-order valence-electron chi connectivity index (χ2n) is 5.80. The van der Waals surface area contributed by atoms with Crippen LogP contribution >= 0.6 is 0 Å². The quantitative estimate of drug-likeness (QED) is 0.850. The van der Waals surface area contributed by atoms with Gasteiger partial charge in [0.2, 0.25) is 0 Å². The molecule has 3 nitrogen and oxygen atoms in total. The third-order valence-electron chi connectivity index (χ3n) is 4.23. The Morgan fingerprint density at radius 2 is 2.00 bits per heavy atom. The van der Waals surface area contributed by atoms with E-state index in [4.69, 9.17) is 4.74 Å². The predicted octanol–water partition coefficient (Wildman–Crippen LogP) is 2.41. The second kappa shape index (κ2) is 5.93. The Balaban J connectivity index is 1.59. The van der Waals surface area contributed by atoms with E-state index in [2.05, 4.69) is 34.5 Å². The summed E-state index contributed by atoms with van der Waals surface area (Å²) >= 11 is 0. The Morgan fingerprint density at radius 1 is 1.21 bits per heavy atom. The molecule has 1 saturated carbocycles. The molecule has 1 aliphatic heterocycles. The number of methoxy groups -OCH3 is 1. The summed E-state index contributed by atoms with van der Waals surface area (Å²) in [6.45, 7) is 3.48. The fourth-order valence-electron chi connectivity index (χ4n) is 2.94. The van der Waals surface area contributed by atoms with Gasteiger partial charge in [-0.25, -0.2) is 0 Å². The largest absolute Gasteiger partial charge is 0.497 e. The van der Waals surface area contributed by atoms with Gasteiger partial charge >= 0.3 is 0 Å². The van der Waals surface area contributed by atoms with E-state index in [0.717, 1.165) is 18.3 Å². The average Bonchev–Trinajstić information content (AvgIpc) is 3.17. The lowest BCUT2D eigenvalue weighted by atomic mass is 10.1. The molecule has 1 atom stereocenters. The van der Waals surface area contributed by atoms with Crippen LogP contribution in [0.2, 0.25) is 0 Å². The molecular formula is C16H24N2O. The zero-order chi connectivity index (χ0) is 13.1. The van der Waals surface area contributed by atoms with Gasteiger partial charge in [-0.05, 0) is 49.9 Å². The summed E-state index contributed by atoms with van der Waals surface area (Å²) in [5.41, 5.74) is 1.39. The van der Waals surface area contributed by atoms with Gasteiger partial charge in [0.15, 0.2) is 0 Å². The van der Waals surface area contributed by atoms with Crippen molar-refractivity contribution in [2.24, 2.45) is 0 Å². The first-order chi connectivity index (χ1) is 9.35. The standard InChI is InChI=1S/C16H24N2O/c1-19-16-8-4-13(5-9-16)11-18(15-6-7-15)12-14-3-2-10-17-14/h4-5,8-9,14-15,17H,2-3,6-7,10-12H2,1H3. The number of nitrogens with one attached hydrogen (secondary N) is 1. The van der Waals surface area contributed by atoms with Gasteiger partial charge in [-0.15, -0.1) is 0 Å². The lowest BCUT2D eigenvalue weighted by Crippen LogP contribution is -2.38. The van der Waals surface area contributed by atoms with Gasteiger partial charge in [0.05, 0.1) is 7.11 Å². The SMILES string of the molecule is COc1ccc(CN(CC2CCCN2)C2CC2)cc1. The topological polar surface area (TPSA) is 24.5 Å². The minimum absolute atomic E-state index is 0.707. The Morgan fingerprint density at radius 3 is 2.58 bits per heavy atom. The molecule has 19 heavy (non-hydrogen) atoms. The minimum atomic E-state index is 0.707. The average molecular weight is 260 g/mol. The molecular weight excluding hydrogens is 236 g/mol. The Bertz CT molecular complexity index is 394. The summed E-state index contributed by atoms with van der Waals surface area (Å²) in [4.78, 5) is 2.66. The molecule has 1 aromatic carbocycles. The van der Waals surface area contributed by atoms with Gasteiger partial charge in [-0.3, -0.25) is 4.90 Å². The fraction of sp³-hybridized carbons (Fsp3) is 0.625. The molecule has 1 aliphatic carbocycles. The van der Waals surface area contributed by atoms with E-state index in [-0.39, 0.29) is 0 Å². The summed E-state index contributed by atoms with van der Waals surface area (Å²) in [5.74, 6) is 0.944. The van der Waals surface area contributed by atoms with Crippen molar-refractivity contribution in [2.75, 3.05) is 20.2 Å².